The van der Waals surface area contributed by atoms with Crippen LogP contribution in [0, 0.1) is 5.92 Å². The highest BCUT2D eigenvalue weighted by Crippen LogP contribution is 2.51. The molecule has 0 spiro atoms. The number of nitrogens with zero attached hydrogens (tertiary/aromatic N) is 1. The highest BCUT2D eigenvalue weighted by atomic mass is 16.1. The molecule has 0 saturated heterocycles. The van der Waals surface area contributed by atoms with Gasteiger partial charge < -0.3 is 4.98 Å². The van der Waals surface area contributed by atoms with E-state index in [9.17, 15) is 4.79 Å². The van der Waals surface area contributed by atoms with E-state index in [4.69, 9.17) is 4.99 Å². The van der Waals surface area contributed by atoms with Crippen LogP contribution in [-0.2, 0) is 12.0 Å². The Morgan fingerprint density at radius 1 is 1.17 bits per heavy atom. The average molecular weight is 399 g/mol. The van der Waals surface area contributed by atoms with Crippen molar-refractivity contribution >= 4 is 12.3 Å². The summed E-state index contributed by atoms with van der Waals surface area (Å²) in [5.74, 6) is 0.829. The highest BCUT2D eigenvalue weighted by molar-refractivity contribution is 5.79. The third kappa shape index (κ3) is 3.65. The van der Waals surface area contributed by atoms with E-state index < -0.39 is 5.54 Å². The zero-order valence-corrected chi connectivity index (χ0v) is 18.3. The molecule has 4 rings (SSSR count). The lowest BCUT2D eigenvalue weighted by molar-refractivity contribution is 0.413. The first-order valence-electron chi connectivity index (χ1n) is 10.8. The summed E-state index contributed by atoms with van der Waals surface area (Å²) in [5, 5.41) is 0. The molecule has 3 heteroatoms. The maximum absolute atomic E-state index is 11.9. The van der Waals surface area contributed by atoms with Crippen LogP contribution in [0.25, 0.3) is 6.08 Å². The van der Waals surface area contributed by atoms with Gasteiger partial charge in [-0.3, -0.25) is 9.79 Å². The van der Waals surface area contributed by atoms with Gasteiger partial charge in [0.15, 0.2) is 0 Å². The first kappa shape index (κ1) is 20.3. The SMILES string of the molecule is C/C=C1\C2C=C(C)CC1(/N=C/C=C/c1ccc(C(C)C)cc1)c1ccc(=O)[nH]c1C2. The van der Waals surface area contributed by atoms with Crippen LogP contribution >= 0.6 is 0 Å². The van der Waals surface area contributed by atoms with Gasteiger partial charge in [0.2, 0.25) is 5.56 Å². The molecule has 2 aromatic rings. The Hall–Kier alpha value is -2.94. The van der Waals surface area contributed by atoms with Gasteiger partial charge in [-0.2, -0.15) is 0 Å². The van der Waals surface area contributed by atoms with Crippen molar-refractivity contribution in [3.8, 4) is 0 Å². The third-order valence-corrected chi connectivity index (χ3v) is 6.35. The number of benzene rings is 1. The van der Waals surface area contributed by atoms with Gasteiger partial charge >= 0.3 is 0 Å². The zero-order chi connectivity index (χ0) is 21.3. The van der Waals surface area contributed by atoms with Crippen LogP contribution in [0.2, 0.25) is 0 Å². The largest absolute Gasteiger partial charge is 0.326 e. The second kappa shape index (κ2) is 8.06. The van der Waals surface area contributed by atoms with Crippen LogP contribution < -0.4 is 5.56 Å². The fourth-order valence-electron chi connectivity index (χ4n) is 4.97. The minimum atomic E-state index is -0.429. The molecule has 1 heterocycles. The summed E-state index contributed by atoms with van der Waals surface area (Å²) in [7, 11) is 0. The van der Waals surface area contributed by atoms with Crippen LogP contribution in [0.5, 0.6) is 0 Å². The van der Waals surface area contributed by atoms with E-state index in [0.29, 0.717) is 11.8 Å². The molecule has 0 fully saturated rings. The second-order valence-corrected chi connectivity index (χ2v) is 8.78. The third-order valence-electron chi connectivity index (χ3n) is 6.35. The zero-order valence-electron chi connectivity index (χ0n) is 18.3. The van der Waals surface area contributed by atoms with E-state index in [-0.39, 0.29) is 5.56 Å². The molecule has 0 aliphatic heterocycles. The fourth-order valence-corrected chi connectivity index (χ4v) is 4.97. The van der Waals surface area contributed by atoms with Crippen LogP contribution in [0.4, 0.5) is 0 Å². The standard InChI is InChI=1S/C27H30N2O/c1-5-23-22-15-19(4)17-27(23,24-12-13-26(30)29-25(24)16-22)28-14-6-7-20-8-10-21(11-9-20)18(2)3/h5-15,18,22H,16-17H2,1-4H3,(H,29,30)/b7-6+,23-5+,28-14+. The minimum Gasteiger partial charge on any atom is -0.326 e. The maximum atomic E-state index is 11.9. The van der Waals surface area contributed by atoms with E-state index in [1.165, 1.54) is 22.3 Å². The first-order valence-corrected chi connectivity index (χ1v) is 10.8. The number of fused-ring (bicyclic) bond motifs is 4. The number of hydrogen-bond donors (Lipinski definition) is 1. The van der Waals surface area contributed by atoms with Crippen LogP contribution in [0.15, 0.2) is 75.6 Å². The molecule has 0 saturated carbocycles. The number of pyridine rings is 1. The molecule has 0 radical (unpaired) electrons. The van der Waals surface area contributed by atoms with Crippen molar-refractivity contribution in [2.45, 2.75) is 52.0 Å². The van der Waals surface area contributed by atoms with Gasteiger partial charge in [0, 0.05) is 35.9 Å². The van der Waals surface area contributed by atoms with Crippen LogP contribution in [-0.4, -0.2) is 11.2 Å². The van der Waals surface area contributed by atoms with Crippen molar-refractivity contribution < 1.29 is 0 Å². The van der Waals surface area contributed by atoms with Crippen molar-refractivity contribution in [2.24, 2.45) is 10.9 Å². The normalized spacial score (nSPS) is 24.6. The quantitative estimate of drug-likeness (QED) is 0.502. The monoisotopic (exact) mass is 398 g/mol. The molecule has 1 aromatic heterocycles. The molecule has 2 unspecified atom stereocenters. The lowest BCUT2D eigenvalue weighted by atomic mass is 9.63. The predicted octanol–water partition coefficient (Wildman–Crippen LogP) is 5.95. The Bertz CT molecular complexity index is 1110. The first-order chi connectivity index (χ1) is 14.4. The molecule has 2 atom stereocenters. The number of allylic oxidation sites excluding steroid dienone is 3. The summed E-state index contributed by atoms with van der Waals surface area (Å²) >= 11 is 0. The van der Waals surface area contributed by atoms with Crippen molar-refractivity contribution in [2.75, 3.05) is 0 Å². The van der Waals surface area contributed by atoms with Gasteiger partial charge in [0.1, 0.15) is 5.54 Å². The van der Waals surface area contributed by atoms with Crippen molar-refractivity contribution in [1.82, 2.24) is 4.98 Å². The molecule has 3 nitrogen and oxygen atoms in total. The number of nitrogens with one attached hydrogen (secondary N) is 1. The molecule has 2 aliphatic carbocycles. The average Bonchev–Trinajstić information content (AvgIpc) is 2.71. The Labute approximate surface area is 179 Å². The molecule has 0 amide bonds. The number of hydrogen-bond acceptors (Lipinski definition) is 2. The minimum absolute atomic E-state index is 0.0414. The van der Waals surface area contributed by atoms with E-state index in [1.54, 1.807) is 6.07 Å². The molecule has 154 valence electrons. The van der Waals surface area contributed by atoms with Crippen molar-refractivity contribution in [3.05, 3.63) is 98.5 Å². The summed E-state index contributed by atoms with van der Waals surface area (Å²) in [4.78, 5) is 20.1. The summed E-state index contributed by atoms with van der Waals surface area (Å²) in [6.45, 7) is 8.70. The topological polar surface area (TPSA) is 45.2 Å². The molecule has 1 N–H and O–H groups in total. The summed E-state index contributed by atoms with van der Waals surface area (Å²) in [5.41, 5.74) is 6.88. The summed E-state index contributed by atoms with van der Waals surface area (Å²) in [6, 6.07) is 12.3. The number of rotatable bonds is 4. The van der Waals surface area contributed by atoms with Gasteiger partial charge in [-0.25, -0.2) is 0 Å². The van der Waals surface area contributed by atoms with Gasteiger partial charge in [-0.1, -0.05) is 61.9 Å². The smallest absolute Gasteiger partial charge is 0.248 e. The highest BCUT2D eigenvalue weighted by Gasteiger charge is 2.46. The van der Waals surface area contributed by atoms with E-state index in [0.717, 1.165) is 24.1 Å². The van der Waals surface area contributed by atoms with Gasteiger partial charge in [-0.15, -0.1) is 0 Å². The van der Waals surface area contributed by atoms with Crippen LogP contribution in [0.1, 0.15) is 62.4 Å². The molecular weight excluding hydrogens is 368 g/mol. The van der Waals surface area contributed by atoms with E-state index in [1.807, 2.05) is 18.4 Å². The molecule has 2 bridgehead atoms. The van der Waals surface area contributed by atoms with Crippen LogP contribution in [0.3, 0.4) is 0 Å². The fraction of sp³-hybridized carbons (Fsp3) is 0.333. The molecular formula is C27H30N2O. The van der Waals surface area contributed by atoms with Crippen molar-refractivity contribution in [3.63, 3.8) is 0 Å². The maximum Gasteiger partial charge on any atom is 0.248 e. The Morgan fingerprint density at radius 2 is 1.93 bits per heavy atom. The number of aromatic nitrogens is 1. The number of aromatic amines is 1. The lowest BCUT2D eigenvalue weighted by Crippen LogP contribution is -2.40. The Morgan fingerprint density at radius 3 is 2.63 bits per heavy atom. The second-order valence-electron chi connectivity index (χ2n) is 8.78. The molecule has 2 aliphatic rings. The number of H-pyrrole nitrogens is 1. The summed E-state index contributed by atoms with van der Waals surface area (Å²) in [6.07, 6.45) is 12.3. The van der Waals surface area contributed by atoms with Gasteiger partial charge in [-0.05, 0) is 55.0 Å². The molecule has 1 aromatic carbocycles. The Kier molecular flexibility index (Phi) is 5.46. The van der Waals surface area contributed by atoms with E-state index >= 15 is 0 Å². The lowest BCUT2D eigenvalue weighted by Gasteiger charge is -2.45. The van der Waals surface area contributed by atoms with E-state index in [2.05, 4.69) is 75.2 Å². The van der Waals surface area contributed by atoms with Gasteiger partial charge in [0.25, 0.3) is 0 Å². The summed E-state index contributed by atoms with van der Waals surface area (Å²) < 4.78 is 0. The number of aliphatic imine (C=N–C) groups is 1. The van der Waals surface area contributed by atoms with Crippen molar-refractivity contribution in [1.29, 1.82) is 0 Å². The Balaban J connectivity index is 1.69. The molecule has 30 heavy (non-hydrogen) atoms. The predicted molar refractivity (Wildman–Crippen MR) is 126 cm³/mol. The van der Waals surface area contributed by atoms with Gasteiger partial charge in [0.05, 0.1) is 0 Å².